The van der Waals surface area contributed by atoms with Gasteiger partial charge in [0.05, 0.1) is 10.0 Å². The highest BCUT2D eigenvalue weighted by atomic mass is 35.5. The highest BCUT2D eigenvalue weighted by molar-refractivity contribution is 6.42. The van der Waals surface area contributed by atoms with Crippen LogP contribution in [0.1, 0.15) is 16.7 Å². The van der Waals surface area contributed by atoms with Crippen molar-refractivity contribution < 1.29 is 4.74 Å². The minimum absolute atomic E-state index is 0.399. The van der Waals surface area contributed by atoms with Crippen LogP contribution >= 0.6 is 46.4 Å². The molecule has 0 fully saturated rings. The van der Waals surface area contributed by atoms with Crippen LogP contribution in [0.3, 0.4) is 0 Å². The van der Waals surface area contributed by atoms with E-state index in [0.717, 1.165) is 34.9 Å². The van der Waals surface area contributed by atoms with E-state index in [2.05, 4.69) is 5.32 Å². The lowest BCUT2D eigenvalue weighted by molar-refractivity contribution is 0.302. The molecule has 3 aromatic carbocycles. The summed E-state index contributed by atoms with van der Waals surface area (Å²) in [4.78, 5) is 0. The zero-order valence-corrected chi connectivity index (χ0v) is 18.0. The van der Waals surface area contributed by atoms with E-state index in [9.17, 15) is 0 Å². The predicted octanol–water partition coefficient (Wildman–Crippen LogP) is 7.21. The maximum Gasteiger partial charge on any atom is 0.124 e. The van der Waals surface area contributed by atoms with Crippen molar-refractivity contribution >= 4 is 46.4 Å². The van der Waals surface area contributed by atoms with Crippen molar-refractivity contribution in [2.75, 3.05) is 6.54 Å². The molecule has 0 atom stereocenters. The number of nitrogens with one attached hydrogen (secondary N) is 1. The molecular formula is C22H19Cl4NO. The monoisotopic (exact) mass is 453 g/mol. The fourth-order valence-electron chi connectivity index (χ4n) is 2.72. The minimum Gasteiger partial charge on any atom is -0.489 e. The third-order valence-electron chi connectivity index (χ3n) is 4.22. The Bertz CT molecular complexity index is 928. The van der Waals surface area contributed by atoms with Gasteiger partial charge in [0.25, 0.3) is 0 Å². The van der Waals surface area contributed by atoms with Crippen LogP contribution in [0.4, 0.5) is 0 Å². The number of halogens is 4. The lowest BCUT2D eigenvalue weighted by Crippen LogP contribution is -2.17. The van der Waals surface area contributed by atoms with Gasteiger partial charge in [-0.1, -0.05) is 64.6 Å². The van der Waals surface area contributed by atoms with E-state index < -0.39 is 0 Å². The zero-order chi connectivity index (χ0) is 19.9. The van der Waals surface area contributed by atoms with E-state index in [1.165, 1.54) is 5.56 Å². The Hall–Kier alpha value is -1.42. The molecule has 0 amide bonds. The zero-order valence-electron chi connectivity index (χ0n) is 15.0. The first-order valence-corrected chi connectivity index (χ1v) is 10.3. The van der Waals surface area contributed by atoms with Gasteiger partial charge in [0.1, 0.15) is 12.4 Å². The van der Waals surface area contributed by atoms with Crippen molar-refractivity contribution in [3.8, 4) is 5.75 Å². The van der Waals surface area contributed by atoms with Crippen LogP contribution in [0.5, 0.6) is 5.75 Å². The summed E-state index contributed by atoms with van der Waals surface area (Å²) in [5, 5.41) is 5.91. The summed E-state index contributed by atoms with van der Waals surface area (Å²) >= 11 is 24.1. The molecule has 0 aliphatic rings. The highest BCUT2D eigenvalue weighted by Gasteiger charge is 2.07. The molecule has 0 saturated carbocycles. The number of benzene rings is 3. The SMILES string of the molecule is Clc1ccc(CCNCc2cc(Cl)ccc2OCc2ccc(Cl)c(Cl)c2)cc1. The van der Waals surface area contributed by atoms with Gasteiger partial charge in [0, 0.05) is 22.2 Å². The molecule has 3 aromatic rings. The maximum absolute atomic E-state index is 6.17. The van der Waals surface area contributed by atoms with E-state index in [0.29, 0.717) is 28.2 Å². The summed E-state index contributed by atoms with van der Waals surface area (Å²) in [5.74, 6) is 0.787. The fraction of sp³-hybridized carbons (Fsp3) is 0.182. The van der Waals surface area contributed by atoms with E-state index in [1.54, 1.807) is 6.07 Å². The summed E-state index contributed by atoms with van der Waals surface area (Å²) in [7, 11) is 0. The van der Waals surface area contributed by atoms with Crippen molar-refractivity contribution in [3.05, 3.63) is 97.4 Å². The van der Waals surface area contributed by atoms with Crippen LogP contribution in [0, 0.1) is 0 Å². The summed E-state index contributed by atoms with van der Waals surface area (Å²) in [6.45, 7) is 1.89. The first-order chi connectivity index (χ1) is 13.5. The number of hydrogen-bond acceptors (Lipinski definition) is 2. The van der Waals surface area contributed by atoms with Crippen LogP contribution in [0.2, 0.25) is 20.1 Å². The van der Waals surface area contributed by atoms with Gasteiger partial charge in [-0.05, 0) is 66.6 Å². The molecule has 146 valence electrons. The molecule has 0 bridgehead atoms. The average Bonchev–Trinajstić information content (AvgIpc) is 2.68. The minimum atomic E-state index is 0.399. The number of ether oxygens (including phenoxy) is 1. The molecule has 28 heavy (non-hydrogen) atoms. The van der Waals surface area contributed by atoms with Gasteiger partial charge in [0.2, 0.25) is 0 Å². The van der Waals surface area contributed by atoms with Gasteiger partial charge in [-0.15, -0.1) is 0 Å². The topological polar surface area (TPSA) is 21.3 Å². The van der Waals surface area contributed by atoms with E-state index in [4.69, 9.17) is 51.1 Å². The first kappa shape index (κ1) is 21.3. The van der Waals surface area contributed by atoms with Crippen molar-refractivity contribution in [2.45, 2.75) is 19.6 Å². The van der Waals surface area contributed by atoms with E-state index >= 15 is 0 Å². The Balaban J connectivity index is 1.57. The molecule has 6 heteroatoms. The Labute approximate surface area is 185 Å². The largest absolute Gasteiger partial charge is 0.489 e. The van der Waals surface area contributed by atoms with Crippen molar-refractivity contribution in [2.24, 2.45) is 0 Å². The number of hydrogen-bond donors (Lipinski definition) is 1. The molecule has 0 radical (unpaired) electrons. The van der Waals surface area contributed by atoms with Crippen LogP contribution < -0.4 is 10.1 Å². The lowest BCUT2D eigenvalue weighted by atomic mass is 10.1. The van der Waals surface area contributed by atoms with Crippen molar-refractivity contribution in [1.29, 1.82) is 0 Å². The molecule has 0 aromatic heterocycles. The smallest absolute Gasteiger partial charge is 0.124 e. The average molecular weight is 455 g/mol. The molecule has 0 unspecified atom stereocenters. The fourth-order valence-corrected chi connectivity index (χ4v) is 3.37. The van der Waals surface area contributed by atoms with Crippen LogP contribution in [0.25, 0.3) is 0 Å². The summed E-state index contributed by atoms with van der Waals surface area (Å²) in [6, 6.07) is 19.0. The Kier molecular flexibility index (Phi) is 7.90. The predicted molar refractivity (Wildman–Crippen MR) is 119 cm³/mol. The van der Waals surface area contributed by atoms with Gasteiger partial charge in [-0.2, -0.15) is 0 Å². The van der Waals surface area contributed by atoms with Crippen molar-refractivity contribution in [1.82, 2.24) is 5.32 Å². The number of rotatable bonds is 8. The van der Waals surface area contributed by atoms with Gasteiger partial charge in [-0.3, -0.25) is 0 Å². The maximum atomic E-state index is 6.17. The van der Waals surface area contributed by atoms with Crippen LogP contribution in [-0.2, 0) is 19.6 Å². The quantitative estimate of drug-likeness (QED) is 0.363. The Morgan fingerprint density at radius 2 is 1.43 bits per heavy atom. The molecule has 0 saturated heterocycles. The molecule has 0 spiro atoms. The van der Waals surface area contributed by atoms with Gasteiger partial charge < -0.3 is 10.1 Å². The summed E-state index contributed by atoms with van der Waals surface area (Å²) < 4.78 is 5.99. The van der Waals surface area contributed by atoms with E-state index in [1.807, 2.05) is 54.6 Å². The van der Waals surface area contributed by atoms with Gasteiger partial charge >= 0.3 is 0 Å². The third kappa shape index (κ3) is 6.30. The Morgan fingerprint density at radius 3 is 2.18 bits per heavy atom. The van der Waals surface area contributed by atoms with Gasteiger partial charge in [-0.25, -0.2) is 0 Å². The normalized spacial score (nSPS) is 10.9. The van der Waals surface area contributed by atoms with Gasteiger partial charge in [0.15, 0.2) is 0 Å². The second-order valence-electron chi connectivity index (χ2n) is 6.34. The van der Waals surface area contributed by atoms with E-state index in [-0.39, 0.29) is 0 Å². The molecule has 2 nitrogen and oxygen atoms in total. The molecule has 0 aliphatic heterocycles. The molecule has 0 heterocycles. The molecule has 1 N–H and O–H groups in total. The highest BCUT2D eigenvalue weighted by Crippen LogP contribution is 2.26. The standard InChI is InChI=1S/C22H19Cl4NO/c23-18-4-1-15(2-5-18)9-10-27-13-17-12-19(24)6-8-22(17)28-14-16-3-7-20(25)21(26)11-16/h1-8,11-12,27H,9-10,13-14H2. The van der Waals surface area contributed by atoms with Crippen LogP contribution in [-0.4, -0.2) is 6.54 Å². The summed E-state index contributed by atoms with van der Waals surface area (Å²) in [5.41, 5.74) is 3.19. The molecule has 0 aliphatic carbocycles. The third-order valence-corrected chi connectivity index (χ3v) is 5.45. The van der Waals surface area contributed by atoms with Crippen LogP contribution in [0.15, 0.2) is 60.7 Å². The first-order valence-electron chi connectivity index (χ1n) is 8.81. The van der Waals surface area contributed by atoms with Crippen molar-refractivity contribution in [3.63, 3.8) is 0 Å². The molecule has 3 rings (SSSR count). The second kappa shape index (κ2) is 10.4. The lowest BCUT2D eigenvalue weighted by Gasteiger charge is -2.13. The summed E-state index contributed by atoms with van der Waals surface area (Å²) in [6.07, 6.45) is 0.914. The Morgan fingerprint density at radius 1 is 0.714 bits per heavy atom. The second-order valence-corrected chi connectivity index (χ2v) is 8.03. The molecular weight excluding hydrogens is 436 g/mol.